The fourth-order valence-electron chi connectivity index (χ4n) is 3.43. The van der Waals surface area contributed by atoms with E-state index in [9.17, 15) is 32.3 Å². The minimum atomic E-state index is -2.10. The molecule has 0 aliphatic carbocycles. The second kappa shape index (κ2) is 8.21. The van der Waals surface area contributed by atoms with E-state index in [1.165, 1.54) is 25.3 Å². The van der Waals surface area contributed by atoms with Crippen LogP contribution in [0.1, 0.15) is 40.9 Å². The maximum Gasteiger partial charge on any atom is 0.305 e. The third kappa shape index (κ3) is 3.53. The van der Waals surface area contributed by atoms with Gasteiger partial charge in [0.25, 0.3) is 5.91 Å². The smallest absolute Gasteiger partial charge is 0.305 e. The number of hydrogen-bond acceptors (Lipinski definition) is 4. The van der Waals surface area contributed by atoms with Crippen molar-refractivity contribution < 1.29 is 41.7 Å². The fourth-order valence-corrected chi connectivity index (χ4v) is 3.43. The second-order valence-corrected chi connectivity index (χ2v) is 6.50. The summed E-state index contributed by atoms with van der Waals surface area (Å²) >= 11 is 0. The summed E-state index contributed by atoms with van der Waals surface area (Å²) < 4.78 is 66.2. The number of halogens is 4. The number of aliphatic carboxylic acids is 1. The molecule has 0 saturated heterocycles. The van der Waals surface area contributed by atoms with Crippen LogP contribution in [-0.4, -0.2) is 35.6 Å². The average molecular weight is 427 g/mol. The van der Waals surface area contributed by atoms with E-state index >= 15 is 0 Å². The quantitative estimate of drug-likeness (QED) is 0.413. The average Bonchev–Trinajstić information content (AvgIpc) is 3.06. The highest BCUT2D eigenvalue weighted by molar-refractivity contribution is 5.99. The molecule has 2 aromatic rings. The highest BCUT2D eigenvalue weighted by Crippen LogP contribution is 2.39. The van der Waals surface area contributed by atoms with Crippen LogP contribution in [0, 0.1) is 23.3 Å². The Labute approximate surface area is 168 Å². The standard InChI is InChI=1S/C20H17F4NO5/c1-3-30-13-6-9(4-5-12(13)29-2)11(7-14(26)27)25-8-10-15(20(25)28)17(22)19(24)18(23)16(10)21/h4-6,11H,3,7-8H2,1-2H3,(H,26,27). The van der Waals surface area contributed by atoms with Gasteiger partial charge in [0.15, 0.2) is 34.8 Å². The molecule has 0 fully saturated rings. The van der Waals surface area contributed by atoms with Crippen LogP contribution in [0.2, 0.25) is 0 Å². The van der Waals surface area contributed by atoms with Gasteiger partial charge in [-0.15, -0.1) is 0 Å². The summed E-state index contributed by atoms with van der Waals surface area (Å²) in [5.41, 5.74) is -1.32. The molecule has 3 rings (SSSR count). The monoisotopic (exact) mass is 427 g/mol. The van der Waals surface area contributed by atoms with Crippen molar-refractivity contribution in [2.75, 3.05) is 13.7 Å². The Morgan fingerprint density at radius 3 is 2.40 bits per heavy atom. The first-order valence-electron chi connectivity index (χ1n) is 8.89. The fraction of sp³-hybridized carbons (Fsp3) is 0.300. The van der Waals surface area contributed by atoms with E-state index < -0.39 is 65.3 Å². The lowest BCUT2D eigenvalue weighted by Gasteiger charge is -2.27. The van der Waals surface area contributed by atoms with Gasteiger partial charge in [-0.3, -0.25) is 9.59 Å². The largest absolute Gasteiger partial charge is 0.493 e. The number of hydrogen-bond donors (Lipinski definition) is 1. The van der Waals surface area contributed by atoms with Crippen LogP contribution in [-0.2, 0) is 11.3 Å². The van der Waals surface area contributed by atoms with Gasteiger partial charge in [0.1, 0.15) is 0 Å². The van der Waals surface area contributed by atoms with Crippen LogP contribution in [0.4, 0.5) is 17.6 Å². The summed E-state index contributed by atoms with van der Waals surface area (Å²) in [5, 5.41) is 9.32. The van der Waals surface area contributed by atoms with Crippen molar-refractivity contribution in [1.82, 2.24) is 4.90 Å². The van der Waals surface area contributed by atoms with Crippen molar-refractivity contribution in [2.24, 2.45) is 0 Å². The van der Waals surface area contributed by atoms with Gasteiger partial charge in [-0.25, -0.2) is 17.6 Å². The Balaban J connectivity index is 2.09. The molecule has 1 aliphatic heterocycles. The molecule has 1 aliphatic rings. The molecule has 160 valence electrons. The molecule has 0 spiro atoms. The molecule has 1 N–H and O–H groups in total. The van der Waals surface area contributed by atoms with E-state index in [0.29, 0.717) is 5.75 Å². The van der Waals surface area contributed by atoms with Gasteiger partial charge in [0.2, 0.25) is 0 Å². The third-order valence-electron chi connectivity index (χ3n) is 4.78. The lowest BCUT2D eigenvalue weighted by molar-refractivity contribution is -0.138. The first kappa shape index (κ1) is 21.4. The third-order valence-corrected chi connectivity index (χ3v) is 4.78. The van der Waals surface area contributed by atoms with Crippen LogP contribution in [0.3, 0.4) is 0 Å². The maximum atomic E-state index is 14.2. The predicted molar refractivity (Wildman–Crippen MR) is 95.3 cm³/mol. The highest BCUT2D eigenvalue weighted by atomic mass is 19.2. The number of carbonyl (C=O) groups excluding carboxylic acids is 1. The lowest BCUT2D eigenvalue weighted by atomic mass is 10.0. The van der Waals surface area contributed by atoms with Crippen LogP contribution in [0.5, 0.6) is 11.5 Å². The second-order valence-electron chi connectivity index (χ2n) is 6.50. The van der Waals surface area contributed by atoms with Crippen LogP contribution in [0.15, 0.2) is 18.2 Å². The predicted octanol–water partition coefficient (Wildman–Crippen LogP) is 3.82. The summed E-state index contributed by atoms with van der Waals surface area (Å²) in [5.74, 6) is -9.43. The summed E-state index contributed by atoms with van der Waals surface area (Å²) in [6.45, 7) is 1.37. The number of benzene rings is 2. The highest BCUT2D eigenvalue weighted by Gasteiger charge is 2.41. The van der Waals surface area contributed by atoms with Gasteiger partial charge in [0, 0.05) is 5.56 Å². The zero-order valence-electron chi connectivity index (χ0n) is 16.0. The zero-order chi connectivity index (χ0) is 22.2. The first-order chi connectivity index (χ1) is 14.2. The summed E-state index contributed by atoms with van der Waals surface area (Å²) in [7, 11) is 1.40. The topological polar surface area (TPSA) is 76.1 Å². The van der Waals surface area contributed by atoms with Crippen LogP contribution < -0.4 is 9.47 Å². The number of carbonyl (C=O) groups is 2. The number of ether oxygens (including phenoxy) is 2. The molecule has 0 bridgehead atoms. The van der Waals surface area contributed by atoms with Crippen molar-refractivity contribution in [3.63, 3.8) is 0 Å². The molecule has 0 saturated carbocycles. The number of amides is 1. The molecule has 1 heterocycles. The van der Waals surface area contributed by atoms with Gasteiger partial charge in [-0.1, -0.05) is 6.07 Å². The van der Waals surface area contributed by atoms with Crippen molar-refractivity contribution in [3.05, 3.63) is 58.2 Å². The van der Waals surface area contributed by atoms with Crippen molar-refractivity contribution >= 4 is 11.9 Å². The zero-order valence-corrected chi connectivity index (χ0v) is 16.0. The minimum absolute atomic E-state index is 0.270. The van der Waals surface area contributed by atoms with Gasteiger partial charge >= 0.3 is 5.97 Å². The van der Waals surface area contributed by atoms with Crippen molar-refractivity contribution in [2.45, 2.75) is 25.9 Å². The van der Waals surface area contributed by atoms with Gasteiger partial charge in [0.05, 0.1) is 38.3 Å². The number of methoxy groups -OCH3 is 1. The lowest BCUT2D eigenvalue weighted by Crippen LogP contribution is -2.31. The van der Waals surface area contributed by atoms with E-state index in [4.69, 9.17) is 9.47 Å². The number of nitrogens with zero attached hydrogens (tertiary/aromatic N) is 1. The molecule has 30 heavy (non-hydrogen) atoms. The molecule has 1 unspecified atom stereocenters. The van der Waals surface area contributed by atoms with Gasteiger partial charge < -0.3 is 19.5 Å². The molecule has 1 amide bonds. The molecule has 1 atom stereocenters. The van der Waals surface area contributed by atoms with E-state index in [-0.39, 0.29) is 17.9 Å². The summed E-state index contributed by atoms with van der Waals surface area (Å²) in [4.78, 5) is 25.0. The Hall–Kier alpha value is -3.30. The Morgan fingerprint density at radius 2 is 1.80 bits per heavy atom. The first-order valence-corrected chi connectivity index (χ1v) is 8.89. The van der Waals surface area contributed by atoms with Crippen molar-refractivity contribution in [1.29, 1.82) is 0 Å². The molecular formula is C20H17F4NO5. The van der Waals surface area contributed by atoms with Crippen LogP contribution >= 0.6 is 0 Å². The maximum absolute atomic E-state index is 14.2. The van der Waals surface area contributed by atoms with Crippen LogP contribution in [0.25, 0.3) is 0 Å². The molecule has 6 nitrogen and oxygen atoms in total. The molecule has 0 aromatic heterocycles. The molecule has 2 aromatic carbocycles. The Kier molecular flexibility index (Phi) is 5.86. The molecular weight excluding hydrogens is 410 g/mol. The Bertz CT molecular complexity index is 1030. The SMILES string of the molecule is CCOc1cc(C(CC(=O)O)N2Cc3c(F)c(F)c(F)c(F)c3C2=O)ccc1OC. The van der Waals surface area contributed by atoms with Gasteiger partial charge in [-0.05, 0) is 24.6 Å². The number of fused-ring (bicyclic) bond motifs is 1. The number of rotatable bonds is 7. The summed E-state index contributed by atoms with van der Waals surface area (Å²) in [6, 6.07) is 3.22. The van der Waals surface area contributed by atoms with E-state index in [2.05, 4.69) is 0 Å². The van der Waals surface area contributed by atoms with E-state index in [1.807, 2.05) is 0 Å². The van der Waals surface area contributed by atoms with E-state index in [0.717, 1.165) is 4.90 Å². The Morgan fingerprint density at radius 1 is 1.13 bits per heavy atom. The number of carboxylic acids is 1. The minimum Gasteiger partial charge on any atom is -0.493 e. The molecule has 0 radical (unpaired) electrons. The van der Waals surface area contributed by atoms with Crippen molar-refractivity contribution in [3.8, 4) is 11.5 Å². The normalized spacial score (nSPS) is 13.9. The molecule has 10 heteroatoms. The van der Waals surface area contributed by atoms with E-state index in [1.54, 1.807) is 6.92 Å². The summed E-state index contributed by atoms with van der Waals surface area (Å²) in [6.07, 6.45) is -0.619. The van der Waals surface area contributed by atoms with Gasteiger partial charge in [-0.2, -0.15) is 0 Å². The number of carboxylic acid groups (broad SMARTS) is 1.